The highest BCUT2D eigenvalue weighted by molar-refractivity contribution is 5.97. The van der Waals surface area contributed by atoms with Crippen molar-refractivity contribution < 1.29 is 9.53 Å². The van der Waals surface area contributed by atoms with Crippen LogP contribution in [0.25, 0.3) is 0 Å². The molecule has 1 amide bonds. The molecule has 24 heavy (non-hydrogen) atoms. The number of methoxy groups -OCH3 is 1. The molecular formula is C18H26N4O2. The number of nitrogens with one attached hydrogen (secondary N) is 2. The Morgan fingerprint density at radius 2 is 2.00 bits per heavy atom. The van der Waals surface area contributed by atoms with Crippen molar-refractivity contribution in [2.75, 3.05) is 40.8 Å². The first-order valence-corrected chi connectivity index (χ1v) is 7.96. The monoisotopic (exact) mass is 330 g/mol. The Labute approximate surface area is 144 Å². The van der Waals surface area contributed by atoms with E-state index in [4.69, 9.17) is 10.00 Å². The number of carbonyl (C=O) groups is 1. The molecule has 0 saturated carbocycles. The maximum Gasteiger partial charge on any atom is 0.263 e. The highest BCUT2D eigenvalue weighted by Crippen LogP contribution is 2.11. The summed E-state index contributed by atoms with van der Waals surface area (Å²) in [5.74, 6) is 0.448. The molecule has 0 aromatic heterocycles. The van der Waals surface area contributed by atoms with Crippen LogP contribution in [-0.2, 0) is 11.2 Å². The van der Waals surface area contributed by atoms with E-state index in [1.54, 1.807) is 7.11 Å². The van der Waals surface area contributed by atoms with Crippen molar-refractivity contribution in [3.8, 4) is 11.8 Å². The van der Waals surface area contributed by atoms with Crippen LogP contribution in [0.3, 0.4) is 0 Å². The smallest absolute Gasteiger partial charge is 0.263 e. The largest absolute Gasteiger partial charge is 0.497 e. The first-order chi connectivity index (χ1) is 11.6. The Hall–Kier alpha value is -2.52. The van der Waals surface area contributed by atoms with Gasteiger partial charge >= 0.3 is 0 Å². The maximum absolute atomic E-state index is 12.0. The normalized spacial score (nSPS) is 11.0. The molecule has 0 heterocycles. The van der Waals surface area contributed by atoms with Crippen LogP contribution in [0.1, 0.15) is 12.0 Å². The van der Waals surface area contributed by atoms with Crippen molar-refractivity contribution in [2.24, 2.45) is 0 Å². The van der Waals surface area contributed by atoms with Crippen LogP contribution in [0.2, 0.25) is 0 Å². The van der Waals surface area contributed by atoms with E-state index in [-0.39, 0.29) is 11.5 Å². The number of amides is 1. The summed E-state index contributed by atoms with van der Waals surface area (Å²) in [6, 6.07) is 9.61. The molecule has 0 aliphatic heterocycles. The van der Waals surface area contributed by atoms with Gasteiger partial charge in [-0.3, -0.25) is 4.79 Å². The molecular weight excluding hydrogens is 304 g/mol. The Morgan fingerprint density at radius 1 is 1.29 bits per heavy atom. The summed E-state index contributed by atoms with van der Waals surface area (Å²) in [6.07, 6.45) is 3.13. The van der Waals surface area contributed by atoms with Gasteiger partial charge in [0, 0.05) is 19.3 Å². The SMILES string of the molecule is COc1ccc(CCNC(=O)/C(C#N)=C\NCCCN(C)C)cc1. The minimum Gasteiger partial charge on any atom is -0.497 e. The molecule has 130 valence electrons. The third kappa shape index (κ3) is 7.65. The van der Waals surface area contributed by atoms with E-state index in [0.29, 0.717) is 13.0 Å². The van der Waals surface area contributed by atoms with Gasteiger partial charge in [0.15, 0.2) is 0 Å². The summed E-state index contributed by atoms with van der Waals surface area (Å²) in [7, 11) is 5.64. The fourth-order valence-electron chi connectivity index (χ4n) is 2.03. The van der Waals surface area contributed by atoms with Crippen molar-refractivity contribution in [2.45, 2.75) is 12.8 Å². The van der Waals surface area contributed by atoms with Gasteiger partial charge in [-0.2, -0.15) is 5.26 Å². The average molecular weight is 330 g/mol. The van der Waals surface area contributed by atoms with Gasteiger partial charge in [0.2, 0.25) is 0 Å². The summed E-state index contributed by atoms with van der Waals surface area (Å²) in [5.41, 5.74) is 1.19. The van der Waals surface area contributed by atoms with Crippen LogP contribution in [0, 0.1) is 11.3 Å². The van der Waals surface area contributed by atoms with E-state index in [2.05, 4.69) is 15.5 Å². The number of rotatable bonds is 10. The highest BCUT2D eigenvalue weighted by atomic mass is 16.5. The van der Waals surface area contributed by atoms with E-state index >= 15 is 0 Å². The van der Waals surface area contributed by atoms with Gasteiger partial charge in [-0.1, -0.05) is 12.1 Å². The summed E-state index contributed by atoms with van der Waals surface area (Å²) in [4.78, 5) is 14.1. The average Bonchev–Trinajstić information content (AvgIpc) is 2.58. The van der Waals surface area contributed by atoms with E-state index in [9.17, 15) is 4.79 Å². The predicted octanol–water partition coefficient (Wildman–Crippen LogP) is 1.30. The Bertz CT molecular complexity index is 574. The van der Waals surface area contributed by atoms with Crippen molar-refractivity contribution >= 4 is 5.91 Å². The van der Waals surface area contributed by atoms with E-state index < -0.39 is 0 Å². The topological polar surface area (TPSA) is 77.4 Å². The molecule has 0 atom stereocenters. The van der Waals surface area contributed by atoms with Gasteiger partial charge in [-0.15, -0.1) is 0 Å². The minimum atomic E-state index is -0.355. The molecule has 1 aromatic carbocycles. The zero-order valence-corrected chi connectivity index (χ0v) is 14.6. The van der Waals surface area contributed by atoms with Crippen molar-refractivity contribution in [3.63, 3.8) is 0 Å². The van der Waals surface area contributed by atoms with Gasteiger partial charge in [0.05, 0.1) is 7.11 Å². The summed E-state index contributed by atoms with van der Waals surface area (Å²) in [5, 5.41) is 14.8. The second-order valence-corrected chi connectivity index (χ2v) is 5.63. The third-order valence-electron chi connectivity index (χ3n) is 3.40. The quantitative estimate of drug-likeness (QED) is 0.384. The lowest BCUT2D eigenvalue weighted by Gasteiger charge is -2.09. The molecule has 0 aliphatic carbocycles. The molecule has 2 N–H and O–H groups in total. The van der Waals surface area contributed by atoms with Crippen LogP contribution >= 0.6 is 0 Å². The number of ether oxygens (including phenoxy) is 1. The maximum atomic E-state index is 12.0. The number of benzene rings is 1. The van der Waals surface area contributed by atoms with Crippen molar-refractivity contribution in [1.29, 1.82) is 5.26 Å². The molecule has 6 heteroatoms. The Balaban J connectivity index is 2.34. The molecule has 0 spiro atoms. The molecule has 1 aromatic rings. The van der Waals surface area contributed by atoms with Crippen LogP contribution in [0.4, 0.5) is 0 Å². The molecule has 0 aliphatic rings. The minimum absolute atomic E-state index is 0.0922. The van der Waals surface area contributed by atoms with Crippen molar-refractivity contribution in [3.05, 3.63) is 41.6 Å². The molecule has 0 fully saturated rings. The number of carbonyl (C=O) groups excluding carboxylic acids is 1. The lowest BCUT2D eigenvalue weighted by atomic mass is 10.1. The van der Waals surface area contributed by atoms with E-state index in [1.807, 2.05) is 44.4 Å². The second-order valence-electron chi connectivity index (χ2n) is 5.63. The van der Waals surface area contributed by atoms with E-state index in [0.717, 1.165) is 30.8 Å². The van der Waals surface area contributed by atoms with Crippen molar-refractivity contribution in [1.82, 2.24) is 15.5 Å². The Morgan fingerprint density at radius 3 is 2.58 bits per heavy atom. The van der Waals surface area contributed by atoms with E-state index in [1.165, 1.54) is 6.20 Å². The van der Waals surface area contributed by atoms with Crippen LogP contribution in [0.5, 0.6) is 5.75 Å². The second kappa shape index (κ2) is 11.1. The molecule has 0 saturated heterocycles. The summed E-state index contributed by atoms with van der Waals surface area (Å²) in [6.45, 7) is 2.16. The summed E-state index contributed by atoms with van der Waals surface area (Å²) < 4.78 is 5.10. The first-order valence-electron chi connectivity index (χ1n) is 7.96. The van der Waals surface area contributed by atoms with Gasteiger partial charge in [-0.05, 0) is 51.2 Å². The molecule has 0 bridgehead atoms. The fraction of sp³-hybridized carbons (Fsp3) is 0.444. The first kappa shape index (κ1) is 19.5. The molecule has 1 rings (SSSR count). The van der Waals surface area contributed by atoms with Gasteiger partial charge < -0.3 is 20.3 Å². The molecule has 0 unspecified atom stereocenters. The number of nitriles is 1. The molecule has 6 nitrogen and oxygen atoms in total. The standard InChI is InChI=1S/C18H26N4O2/c1-22(2)12-4-10-20-14-16(13-19)18(23)21-11-9-15-5-7-17(24-3)8-6-15/h5-8,14,20H,4,9-12H2,1-3H3,(H,21,23)/b16-14-. The zero-order chi connectivity index (χ0) is 17.8. The number of hydrogen-bond acceptors (Lipinski definition) is 5. The Kier molecular flexibility index (Phi) is 9.02. The highest BCUT2D eigenvalue weighted by Gasteiger charge is 2.07. The van der Waals surface area contributed by atoms with Crippen LogP contribution < -0.4 is 15.4 Å². The van der Waals surface area contributed by atoms with Gasteiger partial charge in [-0.25, -0.2) is 0 Å². The fourth-order valence-corrected chi connectivity index (χ4v) is 2.03. The summed E-state index contributed by atoms with van der Waals surface area (Å²) >= 11 is 0. The lowest BCUT2D eigenvalue weighted by Crippen LogP contribution is -2.28. The van der Waals surface area contributed by atoms with Gasteiger partial charge in [0.1, 0.15) is 17.4 Å². The van der Waals surface area contributed by atoms with Crippen LogP contribution in [0.15, 0.2) is 36.0 Å². The predicted molar refractivity (Wildman–Crippen MR) is 94.6 cm³/mol. The molecule has 0 radical (unpaired) electrons. The number of nitrogens with zero attached hydrogens (tertiary/aromatic N) is 2. The number of hydrogen-bond donors (Lipinski definition) is 2. The lowest BCUT2D eigenvalue weighted by molar-refractivity contribution is -0.117. The third-order valence-corrected chi connectivity index (χ3v) is 3.40. The zero-order valence-electron chi connectivity index (χ0n) is 14.6. The van der Waals surface area contributed by atoms with Crippen LogP contribution in [-0.4, -0.2) is 51.6 Å². The van der Waals surface area contributed by atoms with Gasteiger partial charge in [0.25, 0.3) is 5.91 Å².